The molecule has 3 heterocycles. The van der Waals surface area contributed by atoms with E-state index in [9.17, 15) is 10.1 Å². The topological polar surface area (TPSA) is 76.0 Å². The fraction of sp³-hybridized carbons (Fsp3) is 0.0323. The Hall–Kier alpha value is -5.06. The largest absolute Gasteiger partial charge is 0.268 e. The zero-order valence-corrected chi connectivity index (χ0v) is 21.3. The molecule has 0 fully saturated rings. The van der Waals surface area contributed by atoms with Crippen LogP contribution in [0.15, 0.2) is 101 Å². The van der Waals surface area contributed by atoms with Gasteiger partial charge in [0, 0.05) is 28.9 Å². The number of aryl methyl sites for hydroxylation is 1. The quantitative estimate of drug-likeness (QED) is 0.260. The molecule has 6 nitrogen and oxygen atoms in total. The van der Waals surface area contributed by atoms with E-state index in [0.717, 1.165) is 28.1 Å². The summed E-state index contributed by atoms with van der Waals surface area (Å²) in [6, 6.07) is 27.3. The maximum atomic E-state index is 13.5. The van der Waals surface area contributed by atoms with Gasteiger partial charge in [-0.15, -0.1) is 11.3 Å². The van der Waals surface area contributed by atoms with Gasteiger partial charge in [0.2, 0.25) is 0 Å². The van der Waals surface area contributed by atoms with Crippen LogP contribution in [0.1, 0.15) is 22.4 Å². The molecule has 0 atom stereocenters. The lowest BCUT2D eigenvalue weighted by Crippen LogP contribution is -2.16. The molecule has 6 rings (SSSR count). The van der Waals surface area contributed by atoms with Crippen LogP contribution >= 0.6 is 11.3 Å². The predicted octanol–water partition coefficient (Wildman–Crippen LogP) is 6.63. The van der Waals surface area contributed by atoms with Gasteiger partial charge in [0.1, 0.15) is 5.69 Å². The molecule has 0 bridgehead atoms. The van der Waals surface area contributed by atoms with Crippen LogP contribution in [0.4, 0.5) is 0 Å². The predicted molar refractivity (Wildman–Crippen MR) is 152 cm³/mol. The summed E-state index contributed by atoms with van der Waals surface area (Å²) in [5.74, 6) is 0. The molecule has 3 aromatic heterocycles. The van der Waals surface area contributed by atoms with Crippen molar-refractivity contribution < 1.29 is 0 Å². The molecule has 7 heteroatoms. The maximum absolute atomic E-state index is 13.5. The van der Waals surface area contributed by atoms with Crippen LogP contribution in [0.25, 0.3) is 45.2 Å². The Labute approximate surface area is 223 Å². The third-order valence-electron chi connectivity index (χ3n) is 6.38. The molecule has 0 radical (unpaired) electrons. The zero-order chi connectivity index (χ0) is 26.1. The van der Waals surface area contributed by atoms with Gasteiger partial charge in [-0.2, -0.15) is 10.4 Å². The van der Waals surface area contributed by atoms with E-state index in [-0.39, 0.29) is 5.56 Å². The summed E-state index contributed by atoms with van der Waals surface area (Å²) in [6.45, 7) is 2.07. The first-order chi connectivity index (χ1) is 18.6. The zero-order valence-electron chi connectivity index (χ0n) is 20.4. The van der Waals surface area contributed by atoms with Crippen LogP contribution in [0.5, 0.6) is 0 Å². The number of benzene rings is 3. The highest BCUT2D eigenvalue weighted by Gasteiger charge is 2.16. The monoisotopic (exact) mass is 511 g/mol. The highest BCUT2D eigenvalue weighted by atomic mass is 32.1. The number of rotatable bonds is 5. The number of hydrogen-bond donors (Lipinski definition) is 0. The van der Waals surface area contributed by atoms with E-state index >= 15 is 0 Å². The minimum Gasteiger partial charge on any atom is -0.268 e. The van der Waals surface area contributed by atoms with Gasteiger partial charge >= 0.3 is 0 Å². The first-order valence-corrected chi connectivity index (χ1v) is 12.9. The third-order valence-corrected chi connectivity index (χ3v) is 7.14. The molecule has 38 heavy (non-hydrogen) atoms. The van der Waals surface area contributed by atoms with Gasteiger partial charge in [0.05, 0.1) is 28.6 Å². The van der Waals surface area contributed by atoms with Gasteiger partial charge in [0.25, 0.3) is 5.56 Å². The molecule has 3 aromatic carbocycles. The molecule has 6 aromatic rings. The van der Waals surface area contributed by atoms with E-state index < -0.39 is 0 Å². The Morgan fingerprint density at radius 3 is 2.47 bits per heavy atom. The number of thiazole rings is 1. The van der Waals surface area contributed by atoms with E-state index in [1.165, 1.54) is 11.3 Å². The van der Waals surface area contributed by atoms with Crippen LogP contribution in [0, 0.1) is 18.3 Å². The van der Waals surface area contributed by atoms with Crippen LogP contribution in [-0.4, -0.2) is 19.2 Å². The van der Waals surface area contributed by atoms with Crippen molar-refractivity contribution in [1.82, 2.24) is 19.2 Å². The standard InChI is InChI=1S/C31H21N5OS/c1-21-7-5-6-10-26(21)29-24(20-36(34-29)25-8-3-2-4-9-25)15-16-27-28(23-13-11-22(19-32)12-14-23)30(37)35-17-18-38-31(35)33-27/h2-18,20H,1H3/b16-15+. The second kappa shape index (κ2) is 9.77. The summed E-state index contributed by atoms with van der Waals surface area (Å²) < 4.78 is 3.43. The van der Waals surface area contributed by atoms with Crippen LogP contribution in [0.3, 0.4) is 0 Å². The molecule has 0 amide bonds. The average Bonchev–Trinajstić information content (AvgIpc) is 3.60. The lowest BCUT2D eigenvalue weighted by molar-refractivity contribution is 0.884. The van der Waals surface area contributed by atoms with Crippen LogP contribution in [0.2, 0.25) is 0 Å². The Morgan fingerprint density at radius 2 is 1.71 bits per heavy atom. The number of fused-ring (bicyclic) bond motifs is 1. The Morgan fingerprint density at radius 1 is 0.947 bits per heavy atom. The molecular weight excluding hydrogens is 490 g/mol. The summed E-state index contributed by atoms with van der Waals surface area (Å²) in [5, 5.41) is 16.0. The van der Waals surface area contributed by atoms with Gasteiger partial charge in [0.15, 0.2) is 4.96 Å². The molecular formula is C31H21N5OS. The smallest absolute Gasteiger partial charge is 0.266 e. The summed E-state index contributed by atoms with van der Waals surface area (Å²) in [4.78, 5) is 18.9. The third kappa shape index (κ3) is 4.23. The first-order valence-electron chi connectivity index (χ1n) is 12.0. The Bertz CT molecular complexity index is 1900. The normalized spacial score (nSPS) is 11.3. The number of aromatic nitrogens is 4. The molecule has 0 spiro atoms. The van der Waals surface area contributed by atoms with Crippen molar-refractivity contribution in [1.29, 1.82) is 5.26 Å². The van der Waals surface area contributed by atoms with Crippen molar-refractivity contribution in [3.05, 3.63) is 129 Å². The van der Waals surface area contributed by atoms with Crippen molar-refractivity contribution in [3.63, 3.8) is 0 Å². The summed E-state index contributed by atoms with van der Waals surface area (Å²) in [5.41, 5.74) is 6.99. The number of para-hydroxylation sites is 1. The highest BCUT2D eigenvalue weighted by Crippen LogP contribution is 2.29. The Kier molecular flexibility index (Phi) is 6.00. The van der Waals surface area contributed by atoms with E-state index in [1.807, 2.05) is 70.9 Å². The minimum atomic E-state index is -0.153. The lowest BCUT2D eigenvalue weighted by atomic mass is 10.0. The van der Waals surface area contributed by atoms with Crippen molar-refractivity contribution in [2.24, 2.45) is 0 Å². The van der Waals surface area contributed by atoms with Gasteiger partial charge in [-0.3, -0.25) is 9.20 Å². The molecule has 0 aliphatic heterocycles. The second-order valence-corrected chi connectivity index (χ2v) is 9.66. The fourth-order valence-corrected chi connectivity index (χ4v) is 5.15. The van der Waals surface area contributed by atoms with Gasteiger partial charge in [-0.05, 0) is 54.5 Å². The Balaban J connectivity index is 1.53. The van der Waals surface area contributed by atoms with Crippen molar-refractivity contribution in [2.45, 2.75) is 6.92 Å². The SMILES string of the molecule is Cc1ccccc1-c1nn(-c2ccccc2)cc1/C=C/c1nc2sccn2c(=O)c1-c1ccc(C#N)cc1. The summed E-state index contributed by atoms with van der Waals surface area (Å²) >= 11 is 1.41. The lowest BCUT2D eigenvalue weighted by Gasteiger charge is -2.07. The average molecular weight is 512 g/mol. The maximum Gasteiger partial charge on any atom is 0.266 e. The van der Waals surface area contributed by atoms with Gasteiger partial charge in [-0.1, -0.05) is 54.6 Å². The fourth-order valence-electron chi connectivity index (χ4n) is 4.44. The van der Waals surface area contributed by atoms with E-state index in [4.69, 9.17) is 10.1 Å². The molecule has 0 saturated heterocycles. The van der Waals surface area contributed by atoms with Crippen molar-refractivity contribution in [3.8, 4) is 34.1 Å². The van der Waals surface area contributed by atoms with Crippen LogP contribution < -0.4 is 5.56 Å². The van der Waals surface area contributed by atoms with Gasteiger partial charge in [-0.25, -0.2) is 9.67 Å². The number of nitriles is 1. The van der Waals surface area contributed by atoms with E-state index in [1.54, 1.807) is 34.9 Å². The summed E-state index contributed by atoms with van der Waals surface area (Å²) in [6.07, 6.45) is 7.57. The minimum absolute atomic E-state index is 0.153. The highest BCUT2D eigenvalue weighted by molar-refractivity contribution is 7.15. The molecule has 182 valence electrons. The molecule has 0 saturated carbocycles. The van der Waals surface area contributed by atoms with Crippen molar-refractivity contribution in [2.75, 3.05) is 0 Å². The molecule has 0 N–H and O–H groups in total. The molecule has 0 aliphatic rings. The number of hydrogen-bond acceptors (Lipinski definition) is 5. The van der Waals surface area contributed by atoms with Gasteiger partial charge < -0.3 is 0 Å². The molecule has 0 unspecified atom stereocenters. The van der Waals surface area contributed by atoms with Crippen molar-refractivity contribution >= 4 is 28.4 Å². The molecule has 0 aliphatic carbocycles. The van der Waals surface area contributed by atoms with E-state index in [2.05, 4.69) is 25.1 Å². The van der Waals surface area contributed by atoms with Crippen LogP contribution in [-0.2, 0) is 0 Å². The van der Waals surface area contributed by atoms with E-state index in [0.29, 0.717) is 27.3 Å². The second-order valence-electron chi connectivity index (χ2n) is 8.78. The first kappa shape index (κ1) is 23.3. The number of nitrogens with zero attached hydrogens (tertiary/aromatic N) is 5. The summed E-state index contributed by atoms with van der Waals surface area (Å²) in [7, 11) is 0.